The molecular weight excluding hydrogens is 142 g/mol. The first-order valence-corrected chi connectivity index (χ1v) is 2.32. The van der Waals surface area contributed by atoms with Gasteiger partial charge in [-0.3, -0.25) is 0 Å². The van der Waals surface area contributed by atoms with Crippen LogP contribution in [0.5, 0.6) is 0 Å². The molecule has 1 heterocycles. The molecule has 0 spiro atoms. The van der Waals surface area contributed by atoms with E-state index in [4.69, 9.17) is 5.73 Å². The van der Waals surface area contributed by atoms with Gasteiger partial charge in [0.05, 0.1) is 6.04 Å². The lowest BCUT2D eigenvalue weighted by Crippen LogP contribution is -2.06. The van der Waals surface area contributed by atoms with Crippen molar-refractivity contribution in [2.45, 2.75) is 13.0 Å². The zero-order chi connectivity index (χ0) is 5.98. The van der Waals surface area contributed by atoms with Gasteiger partial charge in [0.2, 0.25) is 6.39 Å². The van der Waals surface area contributed by atoms with E-state index in [9.17, 15) is 0 Å². The second-order valence-corrected chi connectivity index (χ2v) is 1.58. The van der Waals surface area contributed by atoms with Crippen LogP contribution in [0.15, 0.2) is 10.9 Å². The molecule has 0 unspecified atom stereocenters. The summed E-state index contributed by atoms with van der Waals surface area (Å²) < 4.78 is 4.43. The van der Waals surface area contributed by atoms with E-state index in [1.807, 2.05) is 0 Å². The molecule has 0 aliphatic rings. The molecule has 0 radical (unpaired) electrons. The predicted octanol–water partition coefficient (Wildman–Crippen LogP) is 0.511. The van der Waals surface area contributed by atoms with Crippen LogP contribution in [0.1, 0.15) is 18.8 Å². The average Bonchev–Trinajstić information content (AvgIpc) is 2.12. The van der Waals surface area contributed by atoms with E-state index in [-0.39, 0.29) is 18.4 Å². The van der Waals surface area contributed by atoms with Crippen molar-refractivity contribution in [3.8, 4) is 0 Å². The number of hydrogen-bond donors (Lipinski definition) is 1. The number of nitrogens with zero attached hydrogens (tertiary/aromatic N) is 2. The molecule has 9 heavy (non-hydrogen) atoms. The highest BCUT2D eigenvalue weighted by molar-refractivity contribution is 5.85. The number of hydrogen-bond acceptors (Lipinski definition) is 4. The van der Waals surface area contributed by atoms with Gasteiger partial charge < -0.3 is 10.3 Å². The largest absolute Gasteiger partial charge is 0.343 e. The first-order valence-electron chi connectivity index (χ1n) is 2.32. The summed E-state index contributed by atoms with van der Waals surface area (Å²) in [4.78, 5) is 3.71. The van der Waals surface area contributed by atoms with Crippen LogP contribution in [0.25, 0.3) is 0 Å². The Balaban J connectivity index is 0.000000640. The van der Waals surface area contributed by atoms with Gasteiger partial charge >= 0.3 is 0 Å². The first-order chi connectivity index (χ1) is 3.80. The molecule has 52 valence electrons. The van der Waals surface area contributed by atoms with Crippen molar-refractivity contribution in [3.05, 3.63) is 12.2 Å². The van der Waals surface area contributed by atoms with Gasteiger partial charge in [0, 0.05) is 0 Å². The number of rotatable bonds is 1. The first kappa shape index (κ1) is 8.39. The molecule has 1 atom stereocenters. The van der Waals surface area contributed by atoms with Crippen molar-refractivity contribution in [2.24, 2.45) is 5.73 Å². The summed E-state index contributed by atoms with van der Waals surface area (Å²) in [6.07, 6.45) is 1.26. The smallest absolute Gasteiger partial charge is 0.213 e. The minimum atomic E-state index is -0.131. The van der Waals surface area contributed by atoms with E-state index in [1.54, 1.807) is 6.92 Å². The van der Waals surface area contributed by atoms with Gasteiger partial charge in [0.15, 0.2) is 5.82 Å². The number of halogens is 1. The molecule has 5 heteroatoms. The number of nitrogens with two attached hydrogens (primary N) is 1. The summed E-state index contributed by atoms with van der Waals surface area (Å²) >= 11 is 0. The Kier molecular flexibility index (Phi) is 3.19. The van der Waals surface area contributed by atoms with E-state index in [2.05, 4.69) is 14.7 Å². The van der Waals surface area contributed by atoms with Gasteiger partial charge in [-0.1, -0.05) is 5.16 Å². The third-order valence-corrected chi connectivity index (χ3v) is 0.786. The molecule has 1 rings (SSSR count). The topological polar surface area (TPSA) is 64.9 Å². The minimum Gasteiger partial charge on any atom is -0.343 e. The summed E-state index contributed by atoms with van der Waals surface area (Å²) in [5.74, 6) is 0.546. The minimum absolute atomic E-state index is 0. The molecule has 4 nitrogen and oxygen atoms in total. The van der Waals surface area contributed by atoms with Crippen LogP contribution in [-0.2, 0) is 0 Å². The van der Waals surface area contributed by atoms with E-state index in [1.165, 1.54) is 6.39 Å². The molecule has 0 bridgehead atoms. The molecule has 1 aromatic rings. The zero-order valence-corrected chi connectivity index (χ0v) is 5.76. The van der Waals surface area contributed by atoms with Crippen LogP contribution in [0.2, 0.25) is 0 Å². The summed E-state index contributed by atoms with van der Waals surface area (Å²) in [5, 5.41) is 3.50. The van der Waals surface area contributed by atoms with Crippen molar-refractivity contribution >= 4 is 12.4 Å². The van der Waals surface area contributed by atoms with Crippen LogP contribution < -0.4 is 5.73 Å². The maximum atomic E-state index is 5.37. The Labute approximate surface area is 58.8 Å². The third kappa shape index (κ3) is 1.99. The van der Waals surface area contributed by atoms with Crippen molar-refractivity contribution in [1.82, 2.24) is 10.1 Å². The highest BCUT2D eigenvalue weighted by Gasteiger charge is 2.01. The van der Waals surface area contributed by atoms with Crippen molar-refractivity contribution in [2.75, 3.05) is 0 Å². The van der Waals surface area contributed by atoms with Gasteiger partial charge in [-0.05, 0) is 6.92 Å². The fourth-order valence-electron chi connectivity index (χ4n) is 0.379. The normalized spacial score (nSPS) is 12.2. The maximum Gasteiger partial charge on any atom is 0.213 e. The van der Waals surface area contributed by atoms with E-state index in [0.717, 1.165) is 0 Å². The second-order valence-electron chi connectivity index (χ2n) is 1.58. The Morgan fingerprint density at radius 1 is 1.78 bits per heavy atom. The molecule has 0 saturated carbocycles. The van der Waals surface area contributed by atoms with E-state index in [0.29, 0.717) is 5.82 Å². The van der Waals surface area contributed by atoms with Gasteiger partial charge in [0.25, 0.3) is 0 Å². The van der Waals surface area contributed by atoms with E-state index >= 15 is 0 Å². The quantitative estimate of drug-likeness (QED) is 0.632. The summed E-state index contributed by atoms with van der Waals surface area (Å²) in [7, 11) is 0. The molecule has 0 aromatic carbocycles. The fourth-order valence-corrected chi connectivity index (χ4v) is 0.379. The van der Waals surface area contributed by atoms with Crippen LogP contribution in [0.3, 0.4) is 0 Å². The predicted molar refractivity (Wildman–Crippen MR) is 34.1 cm³/mol. The van der Waals surface area contributed by atoms with Gasteiger partial charge in [-0.25, -0.2) is 0 Å². The highest BCUT2D eigenvalue weighted by atomic mass is 35.5. The van der Waals surface area contributed by atoms with Crippen LogP contribution >= 0.6 is 12.4 Å². The lowest BCUT2D eigenvalue weighted by Gasteiger charge is -1.91. The van der Waals surface area contributed by atoms with Crippen molar-refractivity contribution in [1.29, 1.82) is 0 Å². The third-order valence-electron chi connectivity index (χ3n) is 0.786. The molecule has 0 saturated heterocycles. The number of aromatic nitrogens is 2. The molecule has 0 aliphatic heterocycles. The highest BCUT2D eigenvalue weighted by Crippen LogP contribution is 1.98. The summed E-state index contributed by atoms with van der Waals surface area (Å²) in [5.41, 5.74) is 5.37. The summed E-state index contributed by atoms with van der Waals surface area (Å²) in [6, 6.07) is -0.131. The van der Waals surface area contributed by atoms with Crippen LogP contribution in [0.4, 0.5) is 0 Å². The van der Waals surface area contributed by atoms with Crippen molar-refractivity contribution < 1.29 is 4.52 Å². The van der Waals surface area contributed by atoms with Crippen LogP contribution in [-0.4, -0.2) is 10.1 Å². The molecule has 0 aliphatic carbocycles. The molecule has 0 fully saturated rings. The molecule has 2 N–H and O–H groups in total. The Hall–Kier alpha value is -0.610. The van der Waals surface area contributed by atoms with Gasteiger partial charge in [-0.15, -0.1) is 12.4 Å². The average molecular weight is 150 g/mol. The molecule has 1 aromatic heterocycles. The van der Waals surface area contributed by atoms with Gasteiger partial charge in [0.1, 0.15) is 0 Å². The van der Waals surface area contributed by atoms with Gasteiger partial charge in [-0.2, -0.15) is 4.98 Å². The van der Waals surface area contributed by atoms with E-state index < -0.39 is 0 Å². The second kappa shape index (κ2) is 3.42. The fraction of sp³-hybridized carbons (Fsp3) is 0.500. The van der Waals surface area contributed by atoms with Crippen LogP contribution in [0, 0.1) is 0 Å². The van der Waals surface area contributed by atoms with Crippen molar-refractivity contribution in [3.63, 3.8) is 0 Å². The molecular formula is C4H8ClN3O. The zero-order valence-electron chi connectivity index (χ0n) is 4.94. The SMILES string of the molecule is C[C@H](N)c1ncon1.Cl. The Bertz CT molecular complexity index is 151. The summed E-state index contributed by atoms with van der Waals surface area (Å²) in [6.45, 7) is 1.80. The lowest BCUT2D eigenvalue weighted by molar-refractivity contribution is 0.406. The maximum absolute atomic E-state index is 5.37. The Morgan fingerprint density at radius 3 is 2.67 bits per heavy atom. The Morgan fingerprint density at radius 2 is 2.44 bits per heavy atom. The standard InChI is InChI=1S/C4H7N3O.ClH/c1-3(5)4-6-2-8-7-4;/h2-3H,5H2,1H3;1H/t3-;/m0./s1. The monoisotopic (exact) mass is 149 g/mol. The lowest BCUT2D eigenvalue weighted by atomic mass is 10.4. The molecule has 0 amide bonds.